The van der Waals surface area contributed by atoms with Crippen molar-refractivity contribution in [2.45, 2.75) is 39.2 Å². The van der Waals surface area contributed by atoms with Gasteiger partial charge in [-0.25, -0.2) is 4.98 Å². The van der Waals surface area contributed by atoms with Crippen molar-refractivity contribution in [1.29, 1.82) is 0 Å². The van der Waals surface area contributed by atoms with E-state index in [-0.39, 0.29) is 0 Å². The van der Waals surface area contributed by atoms with Gasteiger partial charge in [0.1, 0.15) is 0 Å². The van der Waals surface area contributed by atoms with E-state index in [0.29, 0.717) is 12.0 Å². The predicted molar refractivity (Wildman–Crippen MR) is 82.7 cm³/mol. The van der Waals surface area contributed by atoms with Gasteiger partial charge in [-0.1, -0.05) is 6.07 Å². The summed E-state index contributed by atoms with van der Waals surface area (Å²) in [5.41, 5.74) is 0.862. The molecule has 0 aliphatic carbocycles. The monoisotopic (exact) mass is 288 g/mol. The number of nitrogens with zero attached hydrogens (tertiary/aromatic N) is 4. The molecule has 3 heterocycles. The van der Waals surface area contributed by atoms with E-state index < -0.39 is 0 Å². The molecule has 1 fully saturated rings. The summed E-state index contributed by atoms with van der Waals surface area (Å²) >= 11 is 0. The summed E-state index contributed by atoms with van der Waals surface area (Å²) in [7, 11) is 1.66. The molecule has 5 nitrogen and oxygen atoms in total. The molecule has 0 radical (unpaired) electrons. The van der Waals surface area contributed by atoms with Crippen LogP contribution in [0.2, 0.25) is 0 Å². The van der Waals surface area contributed by atoms with Crippen LogP contribution in [0.5, 0.6) is 5.88 Å². The van der Waals surface area contributed by atoms with Crippen molar-refractivity contribution < 1.29 is 4.74 Å². The lowest BCUT2D eigenvalue weighted by molar-refractivity contribution is 0.138. The molecule has 0 aromatic carbocycles. The van der Waals surface area contributed by atoms with Crippen molar-refractivity contribution >= 4 is 5.65 Å². The van der Waals surface area contributed by atoms with Crippen LogP contribution < -0.4 is 4.74 Å². The minimum absolute atomic E-state index is 0.627. The average Bonchev–Trinajstić information content (AvgIpc) is 2.89. The third kappa shape index (κ3) is 3.02. The highest BCUT2D eigenvalue weighted by atomic mass is 16.5. The Morgan fingerprint density at radius 2 is 2.24 bits per heavy atom. The van der Waals surface area contributed by atoms with Gasteiger partial charge in [0, 0.05) is 25.1 Å². The van der Waals surface area contributed by atoms with Crippen LogP contribution in [-0.2, 0) is 6.42 Å². The number of methoxy groups -OCH3 is 1. The highest BCUT2D eigenvalue weighted by molar-refractivity contribution is 5.40. The number of hydrogen-bond donors (Lipinski definition) is 0. The summed E-state index contributed by atoms with van der Waals surface area (Å²) in [6.07, 6.45) is 3.50. The molecule has 0 saturated carbocycles. The standard InChI is InChI=1S/C16H24N4O/c1-12(2)19-9-5-6-13(11-19)10-14-17-15-7-4-8-16(21-3)20(15)18-14/h4,7-8,12-13H,5-6,9-11H2,1-3H3. The van der Waals surface area contributed by atoms with E-state index in [0.717, 1.165) is 30.3 Å². The van der Waals surface area contributed by atoms with Gasteiger partial charge >= 0.3 is 0 Å². The summed E-state index contributed by atoms with van der Waals surface area (Å²) in [5.74, 6) is 2.32. The van der Waals surface area contributed by atoms with E-state index in [1.54, 1.807) is 11.6 Å². The first-order valence-corrected chi connectivity index (χ1v) is 7.80. The molecule has 21 heavy (non-hydrogen) atoms. The molecule has 5 heteroatoms. The molecule has 2 aromatic rings. The van der Waals surface area contributed by atoms with Crippen molar-refractivity contribution in [3.63, 3.8) is 0 Å². The fourth-order valence-corrected chi connectivity index (χ4v) is 3.16. The van der Waals surface area contributed by atoms with Crippen LogP contribution in [0.3, 0.4) is 0 Å². The van der Waals surface area contributed by atoms with Crippen LogP contribution in [0.4, 0.5) is 0 Å². The third-order valence-corrected chi connectivity index (χ3v) is 4.33. The van der Waals surface area contributed by atoms with Crippen molar-refractivity contribution in [3.8, 4) is 5.88 Å². The normalized spacial score (nSPS) is 20.3. The number of ether oxygens (including phenoxy) is 1. The molecular weight excluding hydrogens is 264 g/mol. The van der Waals surface area contributed by atoms with Crippen molar-refractivity contribution in [3.05, 3.63) is 24.0 Å². The van der Waals surface area contributed by atoms with Gasteiger partial charge in [0.25, 0.3) is 0 Å². The molecule has 3 rings (SSSR count). The lowest BCUT2D eigenvalue weighted by atomic mass is 9.94. The maximum Gasteiger partial charge on any atom is 0.216 e. The second-order valence-electron chi connectivity index (χ2n) is 6.17. The Balaban J connectivity index is 1.75. The fourth-order valence-electron chi connectivity index (χ4n) is 3.16. The van der Waals surface area contributed by atoms with Gasteiger partial charge in [0.2, 0.25) is 5.88 Å². The van der Waals surface area contributed by atoms with E-state index in [1.807, 2.05) is 18.2 Å². The quantitative estimate of drug-likeness (QED) is 0.866. The van der Waals surface area contributed by atoms with Crippen LogP contribution in [0.15, 0.2) is 18.2 Å². The molecule has 1 unspecified atom stereocenters. The Morgan fingerprint density at radius 3 is 3.00 bits per heavy atom. The number of aromatic nitrogens is 3. The smallest absolute Gasteiger partial charge is 0.216 e. The lowest BCUT2D eigenvalue weighted by Crippen LogP contribution is -2.40. The average molecular weight is 288 g/mol. The van der Waals surface area contributed by atoms with E-state index in [1.165, 1.54) is 19.4 Å². The summed E-state index contributed by atoms with van der Waals surface area (Å²) in [6, 6.07) is 6.46. The predicted octanol–water partition coefficient (Wildman–Crippen LogP) is 2.40. The summed E-state index contributed by atoms with van der Waals surface area (Å²) < 4.78 is 7.12. The van der Waals surface area contributed by atoms with Crippen molar-refractivity contribution in [1.82, 2.24) is 19.5 Å². The van der Waals surface area contributed by atoms with Crippen LogP contribution in [0.1, 0.15) is 32.5 Å². The highest BCUT2D eigenvalue weighted by Crippen LogP contribution is 2.22. The molecule has 2 aromatic heterocycles. The number of piperidine rings is 1. The van der Waals surface area contributed by atoms with Crippen molar-refractivity contribution in [2.24, 2.45) is 5.92 Å². The number of rotatable bonds is 4. The Kier molecular flexibility index (Phi) is 4.10. The Bertz CT molecular complexity index is 607. The zero-order valence-corrected chi connectivity index (χ0v) is 13.1. The van der Waals surface area contributed by atoms with Gasteiger partial charge < -0.3 is 9.64 Å². The summed E-state index contributed by atoms with van der Waals surface area (Å²) in [5, 5.41) is 4.61. The van der Waals surface area contributed by atoms with Gasteiger partial charge in [-0.05, 0) is 45.2 Å². The molecule has 0 spiro atoms. The molecule has 114 valence electrons. The van der Waals surface area contributed by atoms with Gasteiger partial charge in [0.05, 0.1) is 7.11 Å². The van der Waals surface area contributed by atoms with Gasteiger partial charge in [-0.3, -0.25) is 0 Å². The Hall–Kier alpha value is -1.62. The largest absolute Gasteiger partial charge is 0.481 e. The van der Waals surface area contributed by atoms with Crippen LogP contribution in [0.25, 0.3) is 5.65 Å². The van der Waals surface area contributed by atoms with Crippen LogP contribution >= 0.6 is 0 Å². The maximum absolute atomic E-state index is 5.33. The first kappa shape index (κ1) is 14.3. The number of fused-ring (bicyclic) bond motifs is 1. The molecule has 0 amide bonds. The van der Waals surface area contributed by atoms with E-state index in [4.69, 9.17) is 4.74 Å². The van der Waals surface area contributed by atoms with Crippen LogP contribution in [-0.4, -0.2) is 45.7 Å². The Labute approximate surface area is 125 Å². The zero-order chi connectivity index (χ0) is 14.8. The van der Waals surface area contributed by atoms with E-state index in [9.17, 15) is 0 Å². The molecule has 1 aliphatic heterocycles. The van der Waals surface area contributed by atoms with Gasteiger partial charge in [0.15, 0.2) is 11.5 Å². The Morgan fingerprint density at radius 1 is 1.38 bits per heavy atom. The zero-order valence-electron chi connectivity index (χ0n) is 13.1. The molecular formula is C16H24N4O. The van der Waals surface area contributed by atoms with Crippen molar-refractivity contribution in [2.75, 3.05) is 20.2 Å². The third-order valence-electron chi connectivity index (χ3n) is 4.33. The lowest BCUT2D eigenvalue weighted by Gasteiger charge is -2.35. The van der Waals surface area contributed by atoms with E-state index >= 15 is 0 Å². The first-order valence-electron chi connectivity index (χ1n) is 7.80. The maximum atomic E-state index is 5.33. The van der Waals surface area contributed by atoms with E-state index in [2.05, 4.69) is 28.8 Å². The number of likely N-dealkylation sites (tertiary alicyclic amines) is 1. The summed E-state index contributed by atoms with van der Waals surface area (Å²) in [6.45, 7) is 6.93. The second kappa shape index (κ2) is 6.02. The molecule has 1 atom stereocenters. The fraction of sp³-hybridized carbons (Fsp3) is 0.625. The second-order valence-corrected chi connectivity index (χ2v) is 6.17. The summed E-state index contributed by atoms with van der Waals surface area (Å²) in [4.78, 5) is 7.20. The molecule has 1 saturated heterocycles. The SMILES string of the molecule is COc1cccc2nc(CC3CCCN(C(C)C)C3)nn12. The number of pyridine rings is 1. The van der Waals surface area contributed by atoms with Gasteiger partial charge in [-0.15, -0.1) is 5.10 Å². The minimum atomic E-state index is 0.627. The highest BCUT2D eigenvalue weighted by Gasteiger charge is 2.23. The molecule has 0 bridgehead atoms. The number of hydrogen-bond acceptors (Lipinski definition) is 4. The molecule has 1 aliphatic rings. The minimum Gasteiger partial charge on any atom is -0.481 e. The molecule has 0 N–H and O–H groups in total. The topological polar surface area (TPSA) is 42.7 Å². The van der Waals surface area contributed by atoms with Gasteiger partial charge in [-0.2, -0.15) is 4.52 Å². The first-order chi connectivity index (χ1) is 10.2. The van der Waals surface area contributed by atoms with Crippen LogP contribution in [0, 0.1) is 5.92 Å².